The zero-order valence-corrected chi connectivity index (χ0v) is 12.4. The van der Waals surface area contributed by atoms with E-state index in [2.05, 4.69) is 20.3 Å². The number of amides is 1. The molecule has 0 aliphatic rings. The van der Waals surface area contributed by atoms with Crippen LogP contribution in [0.1, 0.15) is 21.5 Å². The van der Waals surface area contributed by atoms with E-state index in [0.717, 1.165) is 11.1 Å². The average molecular weight is 299 g/mol. The summed E-state index contributed by atoms with van der Waals surface area (Å²) in [6.45, 7) is 0.405. The van der Waals surface area contributed by atoms with Gasteiger partial charge < -0.3 is 14.9 Å². The number of rotatable bonds is 6. The van der Waals surface area contributed by atoms with Crippen LogP contribution in [0.4, 0.5) is 0 Å². The Morgan fingerprint density at radius 2 is 2.00 bits per heavy atom. The zero-order chi connectivity index (χ0) is 15.8. The van der Waals surface area contributed by atoms with Gasteiger partial charge in [0.1, 0.15) is 7.11 Å². The minimum absolute atomic E-state index is 0.147. The van der Waals surface area contributed by atoms with E-state index in [1.54, 1.807) is 49.9 Å². The summed E-state index contributed by atoms with van der Waals surface area (Å²) in [5, 5.41) is 6.50. The number of hydrogen-bond donors (Lipinski definition) is 1. The highest BCUT2D eigenvalue weighted by atomic mass is 16.6. The fourth-order valence-corrected chi connectivity index (χ4v) is 1.75. The minimum atomic E-state index is -0.147. The maximum atomic E-state index is 12.1. The highest BCUT2D eigenvalue weighted by molar-refractivity contribution is 5.94. The van der Waals surface area contributed by atoms with E-state index in [9.17, 15) is 4.79 Å². The summed E-state index contributed by atoms with van der Waals surface area (Å²) < 4.78 is 4.99. The topological polar surface area (TPSA) is 72.8 Å². The Balaban J connectivity index is 1.92. The normalized spacial score (nSPS) is 10.5. The molecule has 0 spiro atoms. The number of nitrogens with one attached hydrogen (secondary N) is 1. The van der Waals surface area contributed by atoms with E-state index in [1.165, 1.54) is 7.11 Å². The molecule has 0 bridgehead atoms. The number of methoxy groups -OCH3 is 1. The summed E-state index contributed by atoms with van der Waals surface area (Å²) in [4.78, 5) is 20.7. The van der Waals surface area contributed by atoms with Gasteiger partial charge in [0.15, 0.2) is 0 Å². The van der Waals surface area contributed by atoms with Crippen LogP contribution in [0.15, 0.2) is 47.8 Å². The van der Waals surface area contributed by atoms with Gasteiger partial charge in [0.2, 0.25) is 5.88 Å². The smallest absolute Gasteiger partial charge is 0.251 e. The van der Waals surface area contributed by atoms with Gasteiger partial charge in [-0.3, -0.25) is 4.79 Å². The van der Waals surface area contributed by atoms with Crippen molar-refractivity contribution < 1.29 is 14.4 Å². The molecule has 22 heavy (non-hydrogen) atoms. The first kappa shape index (κ1) is 15.5. The molecule has 2 aromatic rings. The van der Waals surface area contributed by atoms with E-state index in [-0.39, 0.29) is 5.91 Å². The molecule has 1 amide bonds. The van der Waals surface area contributed by atoms with E-state index in [0.29, 0.717) is 18.0 Å². The maximum Gasteiger partial charge on any atom is 0.251 e. The third-order valence-electron chi connectivity index (χ3n) is 2.94. The molecule has 1 aromatic heterocycles. The first-order chi connectivity index (χ1) is 10.7. The number of pyridine rings is 1. The van der Waals surface area contributed by atoms with Gasteiger partial charge in [0, 0.05) is 24.4 Å². The van der Waals surface area contributed by atoms with Crippen LogP contribution in [0.3, 0.4) is 0 Å². The predicted molar refractivity (Wildman–Crippen MR) is 83.0 cm³/mol. The molecule has 0 saturated carbocycles. The Morgan fingerprint density at radius 3 is 2.59 bits per heavy atom. The van der Waals surface area contributed by atoms with Gasteiger partial charge in [-0.15, -0.1) is 0 Å². The Morgan fingerprint density at radius 1 is 1.23 bits per heavy atom. The second kappa shape index (κ2) is 7.78. The lowest BCUT2D eigenvalue weighted by Crippen LogP contribution is -2.22. The molecule has 0 atom stereocenters. The summed E-state index contributed by atoms with van der Waals surface area (Å²) in [6, 6.07) is 10.7. The van der Waals surface area contributed by atoms with Gasteiger partial charge in [-0.2, -0.15) is 0 Å². The lowest BCUT2D eigenvalue weighted by Gasteiger charge is -2.06. The van der Waals surface area contributed by atoms with Gasteiger partial charge in [-0.25, -0.2) is 4.98 Å². The maximum absolute atomic E-state index is 12.1. The minimum Gasteiger partial charge on any atom is -0.481 e. The van der Waals surface area contributed by atoms with Crippen molar-refractivity contribution in [3.8, 4) is 5.88 Å². The van der Waals surface area contributed by atoms with Crippen molar-refractivity contribution in [2.24, 2.45) is 5.16 Å². The number of benzene rings is 1. The second-order valence-corrected chi connectivity index (χ2v) is 4.43. The van der Waals surface area contributed by atoms with Crippen molar-refractivity contribution in [1.29, 1.82) is 0 Å². The summed E-state index contributed by atoms with van der Waals surface area (Å²) in [5.74, 6) is 0.398. The molecule has 1 aromatic carbocycles. The zero-order valence-electron chi connectivity index (χ0n) is 12.4. The van der Waals surface area contributed by atoms with E-state index in [4.69, 9.17) is 4.74 Å². The second-order valence-electron chi connectivity index (χ2n) is 4.43. The van der Waals surface area contributed by atoms with Gasteiger partial charge >= 0.3 is 0 Å². The van der Waals surface area contributed by atoms with E-state index in [1.807, 2.05) is 6.07 Å². The predicted octanol–water partition coefficient (Wildman–Crippen LogP) is 2.00. The van der Waals surface area contributed by atoms with Crippen molar-refractivity contribution >= 4 is 12.1 Å². The fourth-order valence-electron chi connectivity index (χ4n) is 1.75. The quantitative estimate of drug-likeness (QED) is 0.654. The SMILES string of the molecule is CO/N=C/c1ccc(C(=O)NCc2ccc(OC)nc2)cc1. The molecule has 1 N–H and O–H groups in total. The van der Waals surface area contributed by atoms with Gasteiger partial charge in [0.25, 0.3) is 5.91 Å². The number of nitrogens with zero attached hydrogens (tertiary/aromatic N) is 2. The molecule has 6 nitrogen and oxygen atoms in total. The van der Waals surface area contributed by atoms with Crippen LogP contribution >= 0.6 is 0 Å². The fraction of sp³-hybridized carbons (Fsp3) is 0.188. The van der Waals surface area contributed by atoms with Crippen LogP contribution < -0.4 is 10.1 Å². The first-order valence-corrected chi connectivity index (χ1v) is 6.66. The molecular weight excluding hydrogens is 282 g/mol. The molecule has 0 saturated heterocycles. The van der Waals surface area contributed by atoms with Gasteiger partial charge in [0.05, 0.1) is 13.3 Å². The number of carbonyl (C=O) groups excluding carboxylic acids is 1. The Bertz CT molecular complexity index is 637. The third kappa shape index (κ3) is 4.31. The molecule has 2 rings (SSSR count). The lowest BCUT2D eigenvalue weighted by molar-refractivity contribution is 0.0951. The number of aromatic nitrogens is 1. The Labute approximate surface area is 128 Å². The summed E-state index contributed by atoms with van der Waals surface area (Å²) in [6.07, 6.45) is 3.24. The van der Waals surface area contributed by atoms with Crippen LogP contribution in [0.5, 0.6) is 5.88 Å². The largest absolute Gasteiger partial charge is 0.481 e. The lowest BCUT2D eigenvalue weighted by atomic mass is 10.1. The van der Waals surface area contributed by atoms with Crippen molar-refractivity contribution in [3.05, 3.63) is 59.3 Å². The van der Waals surface area contributed by atoms with Crippen molar-refractivity contribution in [2.45, 2.75) is 6.54 Å². The van der Waals surface area contributed by atoms with Crippen LogP contribution in [0, 0.1) is 0 Å². The van der Waals surface area contributed by atoms with Gasteiger partial charge in [-0.05, 0) is 23.3 Å². The van der Waals surface area contributed by atoms with E-state index >= 15 is 0 Å². The highest BCUT2D eigenvalue weighted by Gasteiger charge is 2.05. The van der Waals surface area contributed by atoms with Crippen LogP contribution in [0.25, 0.3) is 0 Å². The average Bonchev–Trinajstić information content (AvgIpc) is 2.58. The standard InChI is InChI=1S/C16H17N3O3/c1-21-15-8-5-13(9-17-15)10-18-16(20)14-6-3-12(4-7-14)11-19-22-2/h3-9,11H,10H2,1-2H3,(H,18,20)/b19-11+. The summed E-state index contributed by atoms with van der Waals surface area (Å²) >= 11 is 0. The first-order valence-electron chi connectivity index (χ1n) is 6.66. The molecule has 1 heterocycles. The summed E-state index contributed by atoms with van der Waals surface area (Å²) in [5.41, 5.74) is 2.34. The van der Waals surface area contributed by atoms with E-state index < -0.39 is 0 Å². The highest BCUT2D eigenvalue weighted by Crippen LogP contribution is 2.07. The molecule has 0 unspecified atom stereocenters. The molecule has 6 heteroatoms. The molecular formula is C16H17N3O3. The number of carbonyl (C=O) groups is 1. The third-order valence-corrected chi connectivity index (χ3v) is 2.94. The van der Waals surface area contributed by atoms with Crippen LogP contribution in [-0.4, -0.2) is 31.3 Å². The Hall–Kier alpha value is -2.89. The molecule has 0 fully saturated rings. The van der Waals surface area contributed by atoms with Crippen LogP contribution in [-0.2, 0) is 11.4 Å². The number of ether oxygens (including phenoxy) is 1. The number of oxime groups is 1. The van der Waals surface area contributed by atoms with Crippen molar-refractivity contribution in [3.63, 3.8) is 0 Å². The molecule has 114 valence electrons. The van der Waals surface area contributed by atoms with Crippen molar-refractivity contribution in [1.82, 2.24) is 10.3 Å². The number of hydrogen-bond acceptors (Lipinski definition) is 5. The monoisotopic (exact) mass is 299 g/mol. The Kier molecular flexibility index (Phi) is 5.48. The van der Waals surface area contributed by atoms with Gasteiger partial charge in [-0.1, -0.05) is 23.4 Å². The molecule has 0 aliphatic heterocycles. The molecule has 0 radical (unpaired) electrons. The van der Waals surface area contributed by atoms with Crippen LogP contribution in [0.2, 0.25) is 0 Å². The summed E-state index contributed by atoms with van der Waals surface area (Å²) in [7, 11) is 3.04. The molecule has 0 aliphatic carbocycles. The van der Waals surface area contributed by atoms with Crippen molar-refractivity contribution in [2.75, 3.05) is 14.2 Å².